The second-order valence-corrected chi connectivity index (χ2v) is 4.47. The standard InChI is InChI=1S/C12H26N2O2/c1-5-16-12(15)14-9-8-13-11(4)7-6-10(2)3/h10-11,13H,5-9H2,1-4H3,(H,14,15). The molecule has 0 heterocycles. The Hall–Kier alpha value is -0.770. The highest BCUT2D eigenvalue weighted by atomic mass is 16.5. The van der Waals surface area contributed by atoms with Gasteiger partial charge in [-0.25, -0.2) is 4.79 Å². The molecule has 0 aliphatic rings. The van der Waals surface area contributed by atoms with Crippen LogP contribution in [0.4, 0.5) is 4.79 Å². The summed E-state index contributed by atoms with van der Waals surface area (Å²) in [6.45, 7) is 10.3. The SMILES string of the molecule is CCOC(=O)NCCNC(C)CCC(C)C. The van der Waals surface area contributed by atoms with Gasteiger partial charge in [-0.2, -0.15) is 0 Å². The van der Waals surface area contributed by atoms with Crippen molar-refractivity contribution in [2.75, 3.05) is 19.7 Å². The van der Waals surface area contributed by atoms with E-state index in [1.54, 1.807) is 6.92 Å². The van der Waals surface area contributed by atoms with Crippen LogP contribution >= 0.6 is 0 Å². The molecule has 0 bridgehead atoms. The van der Waals surface area contributed by atoms with Gasteiger partial charge in [0.05, 0.1) is 6.61 Å². The topological polar surface area (TPSA) is 50.4 Å². The van der Waals surface area contributed by atoms with Gasteiger partial charge in [-0.1, -0.05) is 13.8 Å². The van der Waals surface area contributed by atoms with Crippen LogP contribution < -0.4 is 10.6 Å². The maximum Gasteiger partial charge on any atom is 0.407 e. The summed E-state index contributed by atoms with van der Waals surface area (Å²) in [6.07, 6.45) is 2.08. The molecule has 0 aromatic heterocycles. The van der Waals surface area contributed by atoms with Crippen LogP contribution in [0.1, 0.15) is 40.5 Å². The van der Waals surface area contributed by atoms with Crippen molar-refractivity contribution in [1.82, 2.24) is 10.6 Å². The monoisotopic (exact) mass is 230 g/mol. The first-order valence-corrected chi connectivity index (χ1v) is 6.20. The fourth-order valence-corrected chi connectivity index (χ4v) is 1.35. The molecule has 4 nitrogen and oxygen atoms in total. The van der Waals surface area contributed by atoms with E-state index in [0.717, 1.165) is 12.5 Å². The van der Waals surface area contributed by atoms with Crippen molar-refractivity contribution in [3.05, 3.63) is 0 Å². The van der Waals surface area contributed by atoms with Crippen LogP contribution in [0.15, 0.2) is 0 Å². The minimum absolute atomic E-state index is 0.334. The molecule has 1 atom stereocenters. The van der Waals surface area contributed by atoms with Gasteiger partial charge < -0.3 is 15.4 Å². The summed E-state index contributed by atoms with van der Waals surface area (Å²) in [5.74, 6) is 0.752. The van der Waals surface area contributed by atoms with Crippen LogP contribution in [0.5, 0.6) is 0 Å². The number of rotatable bonds is 8. The fraction of sp³-hybridized carbons (Fsp3) is 0.917. The van der Waals surface area contributed by atoms with E-state index in [2.05, 4.69) is 31.4 Å². The van der Waals surface area contributed by atoms with E-state index in [1.165, 1.54) is 12.8 Å². The van der Waals surface area contributed by atoms with E-state index in [1.807, 2.05) is 0 Å². The summed E-state index contributed by atoms with van der Waals surface area (Å²) < 4.78 is 4.75. The van der Waals surface area contributed by atoms with Gasteiger partial charge in [0, 0.05) is 19.1 Å². The van der Waals surface area contributed by atoms with E-state index in [4.69, 9.17) is 4.74 Å². The lowest BCUT2D eigenvalue weighted by atomic mass is 10.0. The summed E-state index contributed by atoms with van der Waals surface area (Å²) in [6, 6.07) is 0.506. The zero-order valence-electron chi connectivity index (χ0n) is 11.0. The first-order valence-electron chi connectivity index (χ1n) is 6.20. The van der Waals surface area contributed by atoms with Gasteiger partial charge >= 0.3 is 6.09 Å². The molecule has 0 rings (SSSR count). The summed E-state index contributed by atoms with van der Waals surface area (Å²) >= 11 is 0. The molecular weight excluding hydrogens is 204 g/mol. The number of hydrogen-bond donors (Lipinski definition) is 2. The lowest BCUT2D eigenvalue weighted by Crippen LogP contribution is -2.36. The van der Waals surface area contributed by atoms with Crippen LogP contribution in [0.25, 0.3) is 0 Å². The number of ether oxygens (including phenoxy) is 1. The van der Waals surface area contributed by atoms with Gasteiger partial charge in [-0.15, -0.1) is 0 Å². The zero-order chi connectivity index (χ0) is 12.4. The Morgan fingerprint density at radius 3 is 2.44 bits per heavy atom. The van der Waals surface area contributed by atoms with E-state index in [-0.39, 0.29) is 6.09 Å². The number of nitrogens with one attached hydrogen (secondary N) is 2. The molecule has 0 aliphatic heterocycles. The van der Waals surface area contributed by atoms with Crippen molar-refractivity contribution in [2.24, 2.45) is 5.92 Å². The van der Waals surface area contributed by atoms with Crippen molar-refractivity contribution in [3.8, 4) is 0 Å². The predicted octanol–water partition coefficient (Wildman–Crippen LogP) is 2.15. The molecule has 2 N–H and O–H groups in total. The second-order valence-electron chi connectivity index (χ2n) is 4.47. The number of carbonyl (C=O) groups excluding carboxylic acids is 1. The number of amides is 1. The molecule has 0 fully saturated rings. The summed E-state index contributed by atoms with van der Waals surface area (Å²) in [5, 5.41) is 6.05. The van der Waals surface area contributed by atoms with Crippen molar-refractivity contribution >= 4 is 6.09 Å². The lowest BCUT2D eigenvalue weighted by molar-refractivity contribution is 0.152. The summed E-state index contributed by atoms with van der Waals surface area (Å²) in [5.41, 5.74) is 0. The van der Waals surface area contributed by atoms with Crippen molar-refractivity contribution < 1.29 is 9.53 Å². The highest BCUT2D eigenvalue weighted by Crippen LogP contribution is 2.05. The molecule has 0 spiro atoms. The molecule has 0 saturated heterocycles. The van der Waals surface area contributed by atoms with Gasteiger partial charge in [0.1, 0.15) is 0 Å². The van der Waals surface area contributed by atoms with Crippen molar-refractivity contribution in [2.45, 2.75) is 46.6 Å². The lowest BCUT2D eigenvalue weighted by Gasteiger charge is -2.15. The van der Waals surface area contributed by atoms with Crippen molar-refractivity contribution in [3.63, 3.8) is 0 Å². The maximum absolute atomic E-state index is 10.9. The normalized spacial score (nSPS) is 12.6. The van der Waals surface area contributed by atoms with E-state index in [9.17, 15) is 4.79 Å². The molecule has 1 unspecified atom stereocenters. The Morgan fingerprint density at radius 1 is 1.19 bits per heavy atom. The average Bonchev–Trinajstić information content (AvgIpc) is 2.22. The number of carbonyl (C=O) groups is 1. The van der Waals surface area contributed by atoms with Gasteiger partial charge in [-0.05, 0) is 32.6 Å². The first-order chi connectivity index (χ1) is 7.56. The molecule has 0 radical (unpaired) electrons. The number of alkyl carbamates (subject to hydrolysis) is 1. The molecule has 0 saturated carbocycles. The molecule has 0 aliphatic carbocycles. The second kappa shape index (κ2) is 9.46. The third kappa shape index (κ3) is 9.77. The average molecular weight is 230 g/mol. The third-order valence-corrected chi connectivity index (χ3v) is 2.34. The molecule has 1 amide bonds. The molecule has 96 valence electrons. The maximum atomic E-state index is 10.9. The molecule has 0 aromatic rings. The Labute approximate surface area is 99.1 Å². The Bertz CT molecular complexity index is 184. The minimum Gasteiger partial charge on any atom is -0.450 e. The van der Waals surface area contributed by atoms with Gasteiger partial charge in [0.15, 0.2) is 0 Å². The van der Waals surface area contributed by atoms with Crippen LogP contribution in [-0.2, 0) is 4.74 Å². The first kappa shape index (κ1) is 15.2. The Morgan fingerprint density at radius 2 is 1.88 bits per heavy atom. The fourth-order valence-electron chi connectivity index (χ4n) is 1.35. The minimum atomic E-state index is -0.334. The van der Waals surface area contributed by atoms with E-state index in [0.29, 0.717) is 19.2 Å². The van der Waals surface area contributed by atoms with Crippen LogP contribution in [0, 0.1) is 5.92 Å². The van der Waals surface area contributed by atoms with E-state index < -0.39 is 0 Å². The largest absolute Gasteiger partial charge is 0.450 e. The molecule has 4 heteroatoms. The number of hydrogen-bond acceptors (Lipinski definition) is 3. The molecule has 16 heavy (non-hydrogen) atoms. The Balaban J connectivity index is 3.33. The van der Waals surface area contributed by atoms with Gasteiger partial charge in [0.25, 0.3) is 0 Å². The Kier molecular flexibility index (Phi) is 9.00. The smallest absolute Gasteiger partial charge is 0.407 e. The quantitative estimate of drug-likeness (QED) is 0.628. The van der Waals surface area contributed by atoms with Crippen molar-refractivity contribution in [1.29, 1.82) is 0 Å². The van der Waals surface area contributed by atoms with Gasteiger partial charge in [-0.3, -0.25) is 0 Å². The van der Waals surface area contributed by atoms with E-state index >= 15 is 0 Å². The summed E-state index contributed by atoms with van der Waals surface area (Å²) in [4.78, 5) is 10.9. The predicted molar refractivity (Wildman–Crippen MR) is 66.6 cm³/mol. The highest BCUT2D eigenvalue weighted by molar-refractivity contribution is 5.66. The van der Waals surface area contributed by atoms with Crippen LogP contribution in [0.3, 0.4) is 0 Å². The molecular formula is C12H26N2O2. The molecule has 0 aromatic carbocycles. The summed E-state index contributed by atoms with van der Waals surface area (Å²) in [7, 11) is 0. The van der Waals surface area contributed by atoms with Crippen LogP contribution in [0.2, 0.25) is 0 Å². The highest BCUT2D eigenvalue weighted by Gasteiger charge is 2.03. The third-order valence-electron chi connectivity index (χ3n) is 2.34. The van der Waals surface area contributed by atoms with Gasteiger partial charge in [0.2, 0.25) is 0 Å². The zero-order valence-corrected chi connectivity index (χ0v) is 11.0. The van der Waals surface area contributed by atoms with Crippen LogP contribution in [-0.4, -0.2) is 31.8 Å².